The van der Waals surface area contributed by atoms with Crippen LogP contribution < -0.4 is 0 Å². The largest absolute Gasteiger partial charge is 0.330 e. The van der Waals surface area contributed by atoms with Crippen LogP contribution in [0.1, 0.15) is 46.5 Å². The molecule has 4 heteroatoms. The van der Waals surface area contributed by atoms with E-state index in [9.17, 15) is 9.46 Å². The molecule has 13 heavy (non-hydrogen) atoms. The second-order valence-corrected chi connectivity index (χ2v) is 5.97. The molecule has 0 aromatic carbocycles. The summed E-state index contributed by atoms with van der Waals surface area (Å²) in [5.41, 5.74) is -0.293. The molecule has 0 spiro atoms. The first-order chi connectivity index (χ1) is 6.00. The van der Waals surface area contributed by atoms with Crippen molar-refractivity contribution in [1.29, 1.82) is 0 Å². The third-order valence-corrected chi connectivity index (χ3v) is 3.78. The van der Waals surface area contributed by atoms with Crippen molar-refractivity contribution in [2.75, 3.05) is 6.61 Å². The third-order valence-electron chi connectivity index (χ3n) is 1.93. The number of hydrogen-bond donors (Lipinski definition) is 1. The summed E-state index contributed by atoms with van der Waals surface area (Å²) in [7, 11) is -3.31. The van der Waals surface area contributed by atoms with Crippen molar-refractivity contribution < 1.29 is 14.0 Å². The Hall–Kier alpha value is 0.150. The Morgan fingerprint density at radius 2 is 1.92 bits per heavy atom. The smallest absolute Gasteiger partial charge is 0.324 e. The minimum Gasteiger partial charge on any atom is -0.324 e. The van der Waals surface area contributed by atoms with Crippen LogP contribution in [0.3, 0.4) is 0 Å². The molecule has 1 atom stereocenters. The van der Waals surface area contributed by atoms with Crippen molar-refractivity contribution in [1.82, 2.24) is 0 Å². The molecule has 1 N–H and O–H groups in total. The molecule has 0 radical (unpaired) electrons. The van der Waals surface area contributed by atoms with Gasteiger partial charge in [0.2, 0.25) is 0 Å². The molecule has 0 aromatic rings. The Labute approximate surface area is 81.0 Å². The molecule has 3 nitrogen and oxygen atoms in total. The third kappa shape index (κ3) is 6.25. The first-order valence-corrected chi connectivity index (χ1v) is 6.62. The predicted octanol–water partition coefficient (Wildman–Crippen LogP) is 3.18. The van der Waals surface area contributed by atoms with Gasteiger partial charge in [-0.05, 0) is 6.42 Å². The minimum atomic E-state index is -3.31. The highest BCUT2D eigenvalue weighted by Crippen LogP contribution is 2.46. The molecular weight excluding hydrogens is 187 g/mol. The van der Waals surface area contributed by atoms with Crippen molar-refractivity contribution in [2.45, 2.75) is 52.1 Å². The lowest BCUT2D eigenvalue weighted by atomic mass is 10.2. The Morgan fingerprint density at radius 3 is 2.38 bits per heavy atom. The van der Waals surface area contributed by atoms with Gasteiger partial charge in [-0.3, -0.25) is 4.57 Å². The Balaban J connectivity index is 3.47. The molecule has 0 aliphatic carbocycles. The molecule has 0 aliphatic heterocycles. The second-order valence-electron chi connectivity index (χ2n) is 3.55. The van der Waals surface area contributed by atoms with E-state index >= 15 is 0 Å². The zero-order chi connectivity index (χ0) is 10.3. The maximum atomic E-state index is 11.3. The topological polar surface area (TPSA) is 46.5 Å². The summed E-state index contributed by atoms with van der Waals surface area (Å²) in [6, 6.07) is 0. The lowest BCUT2D eigenvalue weighted by Gasteiger charge is -2.14. The molecule has 0 saturated carbocycles. The molecule has 0 aliphatic rings. The van der Waals surface area contributed by atoms with E-state index in [-0.39, 0.29) is 5.66 Å². The molecule has 1 unspecified atom stereocenters. The standard InChI is InChI=1S/C9H21O3P/c1-4-5-6-7-8-12-13(10,11)9(2)3/h9H,4-8H2,1-3H3,(H,10,11). The molecular formula is C9H21O3P. The molecule has 0 rings (SSSR count). The fourth-order valence-corrected chi connectivity index (χ4v) is 1.56. The van der Waals surface area contributed by atoms with Gasteiger partial charge in [-0.25, -0.2) is 0 Å². The summed E-state index contributed by atoms with van der Waals surface area (Å²) in [5.74, 6) is 0. The molecule has 0 fully saturated rings. The fourth-order valence-electron chi connectivity index (χ4n) is 0.873. The zero-order valence-electron chi connectivity index (χ0n) is 8.82. The van der Waals surface area contributed by atoms with Gasteiger partial charge in [-0.1, -0.05) is 40.0 Å². The number of hydrogen-bond acceptors (Lipinski definition) is 2. The van der Waals surface area contributed by atoms with Crippen molar-refractivity contribution in [3.05, 3.63) is 0 Å². The van der Waals surface area contributed by atoms with E-state index in [1.54, 1.807) is 13.8 Å². The van der Waals surface area contributed by atoms with E-state index in [1.165, 1.54) is 12.8 Å². The Kier molecular flexibility index (Phi) is 6.66. The zero-order valence-corrected chi connectivity index (χ0v) is 9.72. The van der Waals surface area contributed by atoms with Gasteiger partial charge in [0.15, 0.2) is 0 Å². The van der Waals surface area contributed by atoms with Gasteiger partial charge < -0.3 is 9.42 Å². The lowest BCUT2D eigenvalue weighted by molar-refractivity contribution is 0.247. The molecule has 0 heterocycles. The summed E-state index contributed by atoms with van der Waals surface area (Å²) in [5, 5.41) is 0. The van der Waals surface area contributed by atoms with Crippen LogP contribution in [0.25, 0.3) is 0 Å². The number of unbranched alkanes of at least 4 members (excludes halogenated alkanes) is 3. The van der Waals surface area contributed by atoms with Gasteiger partial charge in [0, 0.05) is 0 Å². The maximum absolute atomic E-state index is 11.3. The fraction of sp³-hybridized carbons (Fsp3) is 1.00. The van der Waals surface area contributed by atoms with E-state index in [2.05, 4.69) is 6.92 Å². The van der Waals surface area contributed by atoms with Gasteiger partial charge in [0.05, 0.1) is 12.3 Å². The molecule has 0 saturated heterocycles. The second kappa shape index (κ2) is 6.58. The van der Waals surface area contributed by atoms with Crippen LogP contribution in [0.4, 0.5) is 0 Å². The quantitative estimate of drug-likeness (QED) is 0.516. The highest BCUT2D eigenvalue weighted by atomic mass is 31.2. The van der Waals surface area contributed by atoms with E-state index in [1.807, 2.05) is 0 Å². The average Bonchev–Trinajstić information content (AvgIpc) is 2.03. The van der Waals surface area contributed by atoms with Crippen molar-refractivity contribution in [3.8, 4) is 0 Å². The summed E-state index contributed by atoms with van der Waals surface area (Å²) < 4.78 is 16.2. The summed E-state index contributed by atoms with van der Waals surface area (Å²) in [4.78, 5) is 9.28. The van der Waals surface area contributed by atoms with Crippen molar-refractivity contribution >= 4 is 7.60 Å². The van der Waals surface area contributed by atoms with Crippen LogP contribution in [0.5, 0.6) is 0 Å². The Bertz CT molecular complexity index is 168. The number of rotatable bonds is 7. The summed E-state index contributed by atoms with van der Waals surface area (Å²) >= 11 is 0. The van der Waals surface area contributed by atoms with Gasteiger partial charge in [-0.2, -0.15) is 0 Å². The lowest BCUT2D eigenvalue weighted by Crippen LogP contribution is -2.02. The normalized spacial score (nSPS) is 16.1. The first-order valence-electron chi connectivity index (χ1n) is 4.97. The maximum Gasteiger partial charge on any atom is 0.330 e. The van der Waals surface area contributed by atoms with Crippen LogP contribution in [0, 0.1) is 0 Å². The van der Waals surface area contributed by atoms with Crippen LogP contribution in [-0.2, 0) is 9.09 Å². The van der Waals surface area contributed by atoms with E-state index in [0.29, 0.717) is 6.61 Å². The van der Waals surface area contributed by atoms with E-state index in [0.717, 1.165) is 12.8 Å². The summed E-state index contributed by atoms with van der Waals surface area (Å²) in [6.45, 7) is 5.94. The van der Waals surface area contributed by atoms with Gasteiger partial charge in [0.1, 0.15) is 0 Å². The molecule has 0 amide bonds. The van der Waals surface area contributed by atoms with Gasteiger partial charge in [-0.15, -0.1) is 0 Å². The van der Waals surface area contributed by atoms with Gasteiger partial charge >= 0.3 is 7.60 Å². The monoisotopic (exact) mass is 208 g/mol. The van der Waals surface area contributed by atoms with E-state index in [4.69, 9.17) is 4.52 Å². The van der Waals surface area contributed by atoms with Crippen LogP contribution in [0.15, 0.2) is 0 Å². The van der Waals surface area contributed by atoms with Crippen LogP contribution >= 0.6 is 7.60 Å². The van der Waals surface area contributed by atoms with E-state index < -0.39 is 7.60 Å². The molecule has 0 aromatic heterocycles. The van der Waals surface area contributed by atoms with Crippen LogP contribution in [0.2, 0.25) is 0 Å². The van der Waals surface area contributed by atoms with Crippen molar-refractivity contribution in [3.63, 3.8) is 0 Å². The Morgan fingerprint density at radius 1 is 1.31 bits per heavy atom. The predicted molar refractivity (Wildman–Crippen MR) is 55.1 cm³/mol. The molecule has 80 valence electrons. The van der Waals surface area contributed by atoms with Crippen molar-refractivity contribution in [2.24, 2.45) is 0 Å². The SMILES string of the molecule is CCCCCCOP(=O)(O)C(C)C. The minimum absolute atomic E-state index is 0.293. The van der Waals surface area contributed by atoms with Crippen LogP contribution in [-0.4, -0.2) is 17.2 Å². The van der Waals surface area contributed by atoms with Gasteiger partial charge in [0.25, 0.3) is 0 Å². The first kappa shape index (κ1) is 13.2. The molecule has 0 bridgehead atoms. The highest BCUT2D eigenvalue weighted by molar-refractivity contribution is 7.53. The summed E-state index contributed by atoms with van der Waals surface area (Å²) in [6.07, 6.45) is 4.29. The average molecular weight is 208 g/mol. The highest BCUT2D eigenvalue weighted by Gasteiger charge is 2.23.